The molecule has 292 valence electrons. The van der Waals surface area contributed by atoms with Crippen molar-refractivity contribution >= 4 is 22.2 Å². The van der Waals surface area contributed by atoms with Crippen LogP contribution in [-0.4, -0.2) is 101 Å². The summed E-state index contributed by atoms with van der Waals surface area (Å²) in [6, 6.07) is 19.2. The van der Waals surface area contributed by atoms with Gasteiger partial charge in [0.25, 0.3) is 0 Å². The van der Waals surface area contributed by atoms with Crippen molar-refractivity contribution in [1.29, 1.82) is 0 Å². The fraction of sp³-hybridized carbons (Fsp3) is 0.474. The van der Waals surface area contributed by atoms with Gasteiger partial charge in [0, 0.05) is 25.7 Å². The average Bonchev–Trinajstić information content (AvgIpc) is 3.90. The first-order valence-electron chi connectivity index (χ1n) is 17.8. The molecule has 2 fully saturated rings. The third-order valence-electron chi connectivity index (χ3n) is 9.63. The zero-order valence-corrected chi connectivity index (χ0v) is 31.3. The molecule has 0 aromatic heterocycles. The lowest BCUT2D eigenvalue weighted by molar-refractivity contribution is -0.0907. The largest absolute Gasteiger partial charge is 0.497 e. The van der Waals surface area contributed by atoms with E-state index in [1.54, 1.807) is 24.3 Å². The Hall–Kier alpha value is -4.61. The molecule has 3 N–H and O–H groups in total. The molecule has 54 heavy (non-hydrogen) atoms. The molecular weight excluding hydrogens is 722 g/mol. The number of alkyl carbamates (subject to hydrolysis) is 1. The second-order valence-corrected chi connectivity index (χ2v) is 16.1. The van der Waals surface area contributed by atoms with Gasteiger partial charge in [0.15, 0.2) is 17.8 Å². The highest BCUT2D eigenvalue weighted by Crippen LogP contribution is 2.36. The lowest BCUT2D eigenvalue weighted by atomic mass is 9.89. The number of carbonyl (C=O) groups is 2. The molecule has 3 aliphatic heterocycles. The predicted octanol–water partition coefficient (Wildman–Crippen LogP) is 4.08. The summed E-state index contributed by atoms with van der Waals surface area (Å²) in [5, 5.41) is 17.4. The smallest absolute Gasteiger partial charge is 0.412 e. The van der Waals surface area contributed by atoms with Crippen molar-refractivity contribution in [2.24, 2.45) is 11.3 Å². The molecule has 3 aromatic carbocycles. The van der Waals surface area contributed by atoms with Gasteiger partial charge in [-0.2, -0.15) is 4.31 Å². The lowest BCUT2D eigenvalue weighted by Gasteiger charge is -2.35. The minimum atomic E-state index is -4.26. The van der Waals surface area contributed by atoms with Crippen LogP contribution in [0.5, 0.6) is 23.0 Å². The summed E-state index contributed by atoms with van der Waals surface area (Å²) in [5.74, 6) is 1.57. The first kappa shape index (κ1) is 39.1. The van der Waals surface area contributed by atoms with E-state index in [4.69, 9.17) is 33.2 Å². The van der Waals surface area contributed by atoms with Crippen molar-refractivity contribution in [3.05, 3.63) is 78.4 Å². The number of aliphatic hydroxyl groups excluding tert-OH is 1. The van der Waals surface area contributed by atoms with Crippen LogP contribution in [0.1, 0.15) is 32.3 Å². The number of rotatable bonds is 16. The predicted molar refractivity (Wildman–Crippen MR) is 194 cm³/mol. The van der Waals surface area contributed by atoms with Crippen LogP contribution in [0, 0.1) is 11.3 Å². The number of nitrogens with zero attached hydrogens (tertiary/aromatic N) is 1. The molecule has 16 heteroatoms. The van der Waals surface area contributed by atoms with Gasteiger partial charge in [-0.15, -0.1) is 0 Å². The number of fused-ring (bicyclic) bond motifs is 2. The van der Waals surface area contributed by atoms with E-state index in [2.05, 4.69) is 10.6 Å². The Labute approximate surface area is 314 Å². The Morgan fingerprint density at radius 2 is 1.72 bits per heavy atom. The first-order chi connectivity index (χ1) is 25.9. The van der Waals surface area contributed by atoms with Crippen molar-refractivity contribution in [3.63, 3.8) is 0 Å². The minimum Gasteiger partial charge on any atom is -0.497 e. The third-order valence-corrected chi connectivity index (χ3v) is 11.4. The van der Waals surface area contributed by atoms with E-state index in [9.17, 15) is 23.1 Å². The molecule has 3 aromatic rings. The van der Waals surface area contributed by atoms with E-state index in [1.807, 2.05) is 44.2 Å². The van der Waals surface area contributed by atoms with Gasteiger partial charge in [0.1, 0.15) is 17.6 Å². The summed E-state index contributed by atoms with van der Waals surface area (Å²) in [6.07, 6.45) is -2.50. The van der Waals surface area contributed by atoms with Crippen LogP contribution in [0.4, 0.5) is 9.59 Å². The van der Waals surface area contributed by atoms with Crippen molar-refractivity contribution in [1.82, 2.24) is 14.9 Å². The highest BCUT2D eigenvalue weighted by Gasteiger charge is 2.44. The van der Waals surface area contributed by atoms with Crippen molar-refractivity contribution in [2.45, 2.75) is 62.5 Å². The molecule has 3 heterocycles. The monoisotopic (exact) mass is 769 g/mol. The maximum atomic E-state index is 14.4. The molecule has 0 aliphatic carbocycles. The number of carbonyl (C=O) groups excluding carboxylic acids is 2. The number of nitrogens with one attached hydrogen (secondary N) is 2. The number of sulfonamides is 1. The molecule has 15 nitrogen and oxygen atoms in total. The lowest BCUT2D eigenvalue weighted by Crippen LogP contribution is -2.52. The van der Waals surface area contributed by atoms with Gasteiger partial charge < -0.3 is 48.9 Å². The number of amides is 2. The van der Waals surface area contributed by atoms with Gasteiger partial charge in [0.2, 0.25) is 16.8 Å². The van der Waals surface area contributed by atoms with Gasteiger partial charge in [-0.25, -0.2) is 18.0 Å². The van der Waals surface area contributed by atoms with Gasteiger partial charge in [-0.1, -0.05) is 44.2 Å². The molecule has 3 aliphatic rings. The maximum Gasteiger partial charge on any atom is 0.412 e. The summed E-state index contributed by atoms with van der Waals surface area (Å²) in [4.78, 5) is 25.8. The van der Waals surface area contributed by atoms with Crippen LogP contribution in [-0.2, 0) is 30.7 Å². The van der Waals surface area contributed by atoms with Crippen LogP contribution in [0.25, 0.3) is 0 Å². The summed E-state index contributed by atoms with van der Waals surface area (Å²) in [7, 11) is -2.72. The second-order valence-electron chi connectivity index (χ2n) is 14.2. The highest BCUT2D eigenvalue weighted by atomic mass is 32.2. The molecule has 0 unspecified atom stereocenters. The first-order valence-corrected chi connectivity index (χ1v) is 19.3. The van der Waals surface area contributed by atoms with Crippen LogP contribution >= 0.6 is 0 Å². The van der Waals surface area contributed by atoms with E-state index in [0.717, 1.165) is 5.56 Å². The SMILES string of the molecule is COc1ccc(OC(=O)NCCC(C)(C)CN(C[C@@H](O)[C@H](Cc2ccccc2)NC(=O)O[C@H]2CO[C@H]3OCC[C@H]32)S(=O)(=O)c2ccc3c(c2)OCO3)cc1. The van der Waals surface area contributed by atoms with Gasteiger partial charge in [0.05, 0.1) is 43.3 Å². The van der Waals surface area contributed by atoms with E-state index in [0.29, 0.717) is 36.7 Å². The second kappa shape index (κ2) is 17.2. The molecule has 2 saturated heterocycles. The number of benzene rings is 3. The number of hydrogen-bond acceptors (Lipinski definition) is 12. The number of methoxy groups -OCH3 is 1. The van der Waals surface area contributed by atoms with E-state index < -0.39 is 52.2 Å². The molecule has 0 radical (unpaired) electrons. The summed E-state index contributed by atoms with van der Waals surface area (Å²) < 4.78 is 68.2. The van der Waals surface area contributed by atoms with E-state index >= 15 is 0 Å². The summed E-state index contributed by atoms with van der Waals surface area (Å²) >= 11 is 0. The average molecular weight is 770 g/mol. The number of hydrogen-bond donors (Lipinski definition) is 3. The quantitative estimate of drug-likeness (QED) is 0.190. The van der Waals surface area contributed by atoms with E-state index in [1.165, 1.54) is 29.6 Å². The maximum absolute atomic E-state index is 14.4. The van der Waals surface area contributed by atoms with Gasteiger partial charge in [-0.3, -0.25) is 0 Å². The standard InChI is InChI=1S/C38H47N3O12S/c1-38(2,16-17-39-36(43)52-27-11-9-26(47-3)10-12-27)23-41(54(45,46)28-13-14-32-33(20-28)51-24-50-32)21-31(42)30(19-25-7-5-4-6-8-25)40-37(44)53-34-22-49-35-29(34)15-18-48-35/h4-14,20,29-31,34-35,42H,15-19,21-24H2,1-3H3,(H,39,43)(H,40,44)/t29-,30-,31+,34-,35+/m0/s1. The van der Waals surface area contributed by atoms with Crippen LogP contribution in [0.15, 0.2) is 77.7 Å². The Balaban J connectivity index is 1.17. The van der Waals surface area contributed by atoms with Crippen LogP contribution < -0.4 is 29.6 Å². The number of ether oxygens (including phenoxy) is 7. The summed E-state index contributed by atoms with van der Waals surface area (Å²) in [5.41, 5.74) is 0.0913. The molecular formula is C38H47N3O12S. The molecule has 2 amide bonds. The summed E-state index contributed by atoms with van der Waals surface area (Å²) in [6.45, 7) is 4.13. The van der Waals surface area contributed by atoms with Gasteiger partial charge >= 0.3 is 12.2 Å². The van der Waals surface area contributed by atoms with Gasteiger partial charge in [-0.05, 0) is 66.6 Å². The van der Waals surface area contributed by atoms with Crippen LogP contribution in [0.2, 0.25) is 0 Å². The Kier molecular flexibility index (Phi) is 12.5. The Morgan fingerprint density at radius 1 is 0.981 bits per heavy atom. The van der Waals surface area contributed by atoms with E-state index in [-0.39, 0.29) is 56.0 Å². The molecule has 0 spiro atoms. The van der Waals surface area contributed by atoms with Crippen molar-refractivity contribution in [2.75, 3.05) is 46.8 Å². The van der Waals surface area contributed by atoms with Crippen LogP contribution in [0.3, 0.4) is 0 Å². The van der Waals surface area contributed by atoms with Crippen molar-refractivity contribution in [3.8, 4) is 23.0 Å². The molecule has 6 rings (SSSR count). The molecule has 5 atom stereocenters. The topological polar surface area (TPSA) is 180 Å². The molecule has 0 saturated carbocycles. The highest BCUT2D eigenvalue weighted by molar-refractivity contribution is 7.89. The third kappa shape index (κ3) is 9.92. The fourth-order valence-electron chi connectivity index (χ4n) is 6.64. The number of aliphatic hydroxyl groups is 1. The zero-order valence-electron chi connectivity index (χ0n) is 30.5. The fourth-order valence-corrected chi connectivity index (χ4v) is 8.30. The minimum absolute atomic E-state index is 0.0352. The zero-order chi connectivity index (χ0) is 38.3. The Morgan fingerprint density at radius 3 is 2.48 bits per heavy atom. The Bertz CT molecular complexity index is 1840. The van der Waals surface area contributed by atoms with Crippen molar-refractivity contribution < 1.29 is 56.3 Å². The normalized spacial score (nSPS) is 20.2. The molecule has 0 bridgehead atoms.